The van der Waals surface area contributed by atoms with Crippen LogP contribution in [0.5, 0.6) is 0 Å². The molecule has 2 aromatic carbocycles. The first-order chi connectivity index (χ1) is 19.0. The van der Waals surface area contributed by atoms with Crippen LogP contribution in [0, 0.1) is 0 Å². The van der Waals surface area contributed by atoms with Crippen LogP contribution in [0.2, 0.25) is 5.02 Å². The lowest BCUT2D eigenvalue weighted by Gasteiger charge is -2.09. The molecule has 0 aliphatic heterocycles. The van der Waals surface area contributed by atoms with Crippen LogP contribution >= 0.6 is 22.9 Å². The van der Waals surface area contributed by atoms with Crippen molar-refractivity contribution >= 4 is 68.1 Å². The zero-order valence-electron chi connectivity index (χ0n) is 22.0. The Hall–Kier alpha value is -4.35. The van der Waals surface area contributed by atoms with Gasteiger partial charge in [0.25, 0.3) is 0 Å². The zero-order chi connectivity index (χ0) is 29.7. The summed E-state index contributed by atoms with van der Waals surface area (Å²) in [6, 6.07) is 18.3. The summed E-state index contributed by atoms with van der Waals surface area (Å²) in [5.41, 5.74) is 1.64. The molecular weight excluding hydrogens is 556 g/mol. The largest absolute Gasteiger partial charge is 0.480 e. The van der Waals surface area contributed by atoms with Crippen molar-refractivity contribution in [3.8, 4) is 0 Å². The lowest BCUT2D eigenvalue weighted by atomic mass is 10.2. The molecule has 10 nitrogen and oxygen atoms in total. The number of nitrogens with zero attached hydrogens (tertiary/aromatic N) is 1. The first-order valence-corrected chi connectivity index (χ1v) is 13.3. The van der Waals surface area contributed by atoms with Crippen molar-refractivity contribution in [2.45, 2.75) is 38.9 Å². The lowest BCUT2D eigenvalue weighted by Crippen LogP contribution is -2.25. The molecule has 0 bridgehead atoms. The van der Waals surface area contributed by atoms with Crippen LogP contribution in [-0.2, 0) is 14.4 Å². The molecule has 4 rings (SSSR count). The van der Waals surface area contributed by atoms with Crippen LogP contribution in [0.1, 0.15) is 20.8 Å². The van der Waals surface area contributed by atoms with Gasteiger partial charge in [-0.25, -0.2) is 4.98 Å². The van der Waals surface area contributed by atoms with Crippen molar-refractivity contribution in [3.05, 3.63) is 83.3 Å². The zero-order valence-corrected chi connectivity index (χ0v) is 23.6. The van der Waals surface area contributed by atoms with Gasteiger partial charge in [-0.3, -0.25) is 14.4 Å². The third-order valence-electron chi connectivity index (χ3n) is 5.22. The molecule has 0 saturated heterocycles. The van der Waals surface area contributed by atoms with Gasteiger partial charge in [0.1, 0.15) is 23.9 Å². The summed E-state index contributed by atoms with van der Waals surface area (Å²) in [7, 11) is 0. The van der Waals surface area contributed by atoms with Crippen LogP contribution in [0.3, 0.4) is 0 Å². The molecule has 2 aromatic heterocycles. The second kappa shape index (κ2) is 15.9. The molecule has 212 valence electrons. The normalized spacial score (nSPS) is 12.3. The van der Waals surface area contributed by atoms with E-state index in [1.807, 2.05) is 29.6 Å². The fraction of sp³-hybridized carbons (Fsp3) is 0.214. The molecule has 12 heteroatoms. The number of aliphatic carboxylic acids is 3. The quantitative estimate of drug-likeness (QED) is 0.138. The van der Waals surface area contributed by atoms with Gasteiger partial charge in [-0.15, -0.1) is 11.3 Å². The number of carboxylic acid groups (broad SMARTS) is 3. The summed E-state index contributed by atoms with van der Waals surface area (Å²) < 4.78 is 1.16. The number of aromatic nitrogens is 1. The smallest absolute Gasteiger partial charge is 0.325 e. The Morgan fingerprint density at radius 1 is 0.750 bits per heavy atom. The minimum absolute atomic E-state index is 0.567. The van der Waals surface area contributed by atoms with E-state index in [0.717, 1.165) is 21.5 Å². The van der Waals surface area contributed by atoms with E-state index in [1.165, 1.54) is 0 Å². The first kappa shape index (κ1) is 31.9. The van der Waals surface area contributed by atoms with Crippen LogP contribution in [0.25, 0.3) is 10.1 Å². The fourth-order valence-electron chi connectivity index (χ4n) is 2.97. The summed E-state index contributed by atoms with van der Waals surface area (Å²) in [4.78, 5) is 35.5. The van der Waals surface area contributed by atoms with Gasteiger partial charge in [0.15, 0.2) is 0 Å². The van der Waals surface area contributed by atoms with Gasteiger partial charge in [0.2, 0.25) is 0 Å². The van der Waals surface area contributed by atoms with Gasteiger partial charge in [-0.1, -0.05) is 35.9 Å². The van der Waals surface area contributed by atoms with Crippen molar-refractivity contribution < 1.29 is 29.7 Å². The number of hydrogen-bond donors (Lipinski definition) is 6. The number of rotatable bonds is 9. The molecule has 4 aromatic rings. The molecule has 3 atom stereocenters. The monoisotopic (exact) mass is 586 g/mol. The summed E-state index contributed by atoms with van der Waals surface area (Å²) in [5.74, 6) is -2.03. The van der Waals surface area contributed by atoms with Gasteiger partial charge in [0, 0.05) is 32.4 Å². The Morgan fingerprint density at radius 2 is 1.30 bits per heavy atom. The van der Waals surface area contributed by atoms with Crippen molar-refractivity contribution in [2.24, 2.45) is 0 Å². The van der Waals surface area contributed by atoms with E-state index in [4.69, 9.17) is 26.9 Å². The number of pyridine rings is 1. The maximum Gasteiger partial charge on any atom is 0.325 e. The lowest BCUT2D eigenvalue weighted by molar-refractivity contribution is -0.138. The Kier molecular flexibility index (Phi) is 12.7. The molecule has 6 N–H and O–H groups in total. The summed E-state index contributed by atoms with van der Waals surface area (Å²) >= 11 is 7.28. The fourth-order valence-corrected chi connectivity index (χ4v) is 4.00. The predicted octanol–water partition coefficient (Wildman–Crippen LogP) is 5.98. The predicted molar refractivity (Wildman–Crippen MR) is 160 cm³/mol. The van der Waals surface area contributed by atoms with Crippen molar-refractivity contribution in [2.75, 3.05) is 16.0 Å². The number of fused-ring (bicyclic) bond motifs is 1. The third-order valence-corrected chi connectivity index (χ3v) is 6.44. The second-order valence-electron chi connectivity index (χ2n) is 8.48. The topological polar surface area (TPSA) is 161 Å². The number of carbonyl (C=O) groups is 3. The van der Waals surface area contributed by atoms with Crippen molar-refractivity contribution in [3.63, 3.8) is 0 Å². The molecule has 0 radical (unpaired) electrons. The highest BCUT2D eigenvalue weighted by Crippen LogP contribution is 2.30. The second-order valence-corrected chi connectivity index (χ2v) is 9.83. The van der Waals surface area contributed by atoms with E-state index >= 15 is 0 Å². The van der Waals surface area contributed by atoms with Crippen LogP contribution in [0.15, 0.2) is 78.3 Å². The van der Waals surface area contributed by atoms with E-state index in [2.05, 4.69) is 20.9 Å². The average molecular weight is 587 g/mol. The number of nitrogens with one attached hydrogen (secondary N) is 3. The highest BCUT2D eigenvalue weighted by atomic mass is 35.5. The number of thiophene rings is 1. The molecule has 0 fully saturated rings. The number of anilines is 3. The molecule has 0 aliphatic rings. The van der Waals surface area contributed by atoms with Crippen LogP contribution in [-0.4, -0.2) is 56.3 Å². The number of carboxylic acids is 3. The van der Waals surface area contributed by atoms with E-state index in [-0.39, 0.29) is 0 Å². The van der Waals surface area contributed by atoms with Crippen LogP contribution < -0.4 is 16.0 Å². The molecule has 0 spiro atoms. The van der Waals surface area contributed by atoms with Gasteiger partial charge >= 0.3 is 17.9 Å². The SMILES string of the molecule is C[C@H](Nc1ccc(Cl)cc1)C(=O)O.C[C@H](Nc1ccccn1)C(=O)O.C[C@H](Nc1csc2ccccc12)C(=O)O. The summed E-state index contributed by atoms with van der Waals surface area (Å²) in [6.45, 7) is 4.78. The highest BCUT2D eigenvalue weighted by Gasteiger charge is 2.12. The van der Waals surface area contributed by atoms with Crippen molar-refractivity contribution in [1.29, 1.82) is 0 Å². The number of hydrogen-bond acceptors (Lipinski definition) is 8. The molecule has 0 amide bonds. The van der Waals surface area contributed by atoms with Crippen molar-refractivity contribution in [1.82, 2.24) is 4.98 Å². The highest BCUT2D eigenvalue weighted by molar-refractivity contribution is 7.17. The summed E-state index contributed by atoms with van der Waals surface area (Å²) in [5, 5.41) is 38.1. The average Bonchev–Trinajstić information content (AvgIpc) is 3.33. The molecule has 40 heavy (non-hydrogen) atoms. The number of benzene rings is 2. The molecule has 0 unspecified atom stereocenters. The van der Waals surface area contributed by atoms with E-state index in [1.54, 1.807) is 80.8 Å². The minimum atomic E-state index is -0.888. The Morgan fingerprint density at radius 3 is 1.88 bits per heavy atom. The van der Waals surface area contributed by atoms with E-state index in [9.17, 15) is 14.4 Å². The molecule has 0 saturated carbocycles. The molecule has 0 aliphatic carbocycles. The van der Waals surface area contributed by atoms with Gasteiger partial charge in [0.05, 0.1) is 5.69 Å². The van der Waals surface area contributed by atoms with E-state index in [0.29, 0.717) is 10.8 Å². The maximum absolute atomic E-state index is 10.7. The van der Waals surface area contributed by atoms with Gasteiger partial charge in [-0.05, 0) is 63.2 Å². The van der Waals surface area contributed by atoms with E-state index < -0.39 is 36.0 Å². The maximum atomic E-state index is 10.7. The Balaban J connectivity index is 0.000000212. The minimum Gasteiger partial charge on any atom is -0.480 e. The van der Waals surface area contributed by atoms with Crippen LogP contribution in [0.4, 0.5) is 17.2 Å². The first-order valence-electron chi connectivity index (χ1n) is 12.1. The molecule has 2 heterocycles. The Labute approximate surface area is 240 Å². The Bertz CT molecular complexity index is 1380. The standard InChI is InChI=1S/C11H11NO2S.C9H10ClNO2.C8H10N2O2/c1-7(11(13)14)12-9-6-15-10-5-3-2-4-8(9)10;1-6(9(12)13)11-8-4-2-7(10)3-5-8;1-6(8(11)12)10-7-4-2-3-5-9-7/h2-7,12H,1H3,(H,13,14);2-6,11H,1H3,(H,12,13);2-6H,1H3,(H,9,10)(H,11,12)/t7-;2*6-/m000/s1. The number of halogens is 1. The van der Waals surface area contributed by atoms with Gasteiger partial charge < -0.3 is 31.3 Å². The van der Waals surface area contributed by atoms with Gasteiger partial charge in [-0.2, -0.15) is 0 Å². The summed E-state index contributed by atoms with van der Waals surface area (Å²) in [6.07, 6.45) is 1.61. The third kappa shape index (κ3) is 10.8. The molecular formula is C28H31ClN4O6S.